The van der Waals surface area contributed by atoms with Gasteiger partial charge in [0.05, 0.1) is 0 Å². The van der Waals surface area contributed by atoms with E-state index in [-0.39, 0.29) is 0 Å². The summed E-state index contributed by atoms with van der Waals surface area (Å²) in [6, 6.07) is 0. The summed E-state index contributed by atoms with van der Waals surface area (Å²) < 4.78 is 0. The summed E-state index contributed by atoms with van der Waals surface area (Å²) in [4.78, 5) is 0. The molecule has 3 saturated carbocycles. The van der Waals surface area contributed by atoms with Crippen LogP contribution in [-0.4, -0.2) is 0 Å². The number of allylic oxidation sites excluding steroid dienone is 3. The van der Waals surface area contributed by atoms with Crippen molar-refractivity contribution in [3.05, 3.63) is 24.3 Å². The Morgan fingerprint density at radius 2 is 2.00 bits per heavy atom. The van der Waals surface area contributed by atoms with Gasteiger partial charge in [0.1, 0.15) is 0 Å². The topological polar surface area (TPSA) is 0 Å². The molecule has 22 heavy (non-hydrogen) atoms. The molecule has 0 aromatic rings. The number of hydrogen-bond acceptors (Lipinski definition) is 0. The summed E-state index contributed by atoms with van der Waals surface area (Å²) in [7, 11) is 0. The molecule has 0 aromatic carbocycles. The second-order valence-corrected chi connectivity index (χ2v) is 9.31. The molecule has 0 bridgehead atoms. The second-order valence-electron chi connectivity index (χ2n) is 9.31. The normalized spacial score (nSPS) is 50.5. The Labute approximate surface area is 137 Å². The molecule has 3 fully saturated rings. The van der Waals surface area contributed by atoms with E-state index in [1.165, 1.54) is 64.2 Å². The second kappa shape index (κ2) is 5.25. The van der Waals surface area contributed by atoms with Gasteiger partial charge in [0.25, 0.3) is 0 Å². The molecule has 0 aliphatic heterocycles. The van der Waals surface area contributed by atoms with Crippen LogP contribution in [0.1, 0.15) is 78.1 Å². The van der Waals surface area contributed by atoms with Gasteiger partial charge in [0.15, 0.2) is 0 Å². The van der Waals surface area contributed by atoms with Crippen molar-refractivity contribution < 1.29 is 0 Å². The highest BCUT2D eigenvalue weighted by molar-refractivity contribution is 5.24. The molecule has 6 atom stereocenters. The molecule has 0 nitrogen and oxygen atoms in total. The van der Waals surface area contributed by atoms with E-state index in [9.17, 15) is 0 Å². The van der Waals surface area contributed by atoms with E-state index >= 15 is 0 Å². The van der Waals surface area contributed by atoms with Crippen molar-refractivity contribution in [2.75, 3.05) is 0 Å². The lowest BCUT2D eigenvalue weighted by Gasteiger charge is -2.57. The molecular formula is C22H34. The Kier molecular flexibility index (Phi) is 3.59. The van der Waals surface area contributed by atoms with Crippen LogP contribution in [0.2, 0.25) is 0 Å². The summed E-state index contributed by atoms with van der Waals surface area (Å²) in [5.41, 5.74) is 3.04. The zero-order valence-electron chi connectivity index (χ0n) is 14.7. The fourth-order valence-electron chi connectivity index (χ4n) is 7.40. The van der Waals surface area contributed by atoms with Gasteiger partial charge in [-0.1, -0.05) is 38.0 Å². The van der Waals surface area contributed by atoms with Gasteiger partial charge in [-0.05, 0) is 92.3 Å². The van der Waals surface area contributed by atoms with E-state index in [0.29, 0.717) is 10.8 Å². The van der Waals surface area contributed by atoms with Gasteiger partial charge in [-0.3, -0.25) is 0 Å². The Bertz CT molecular complexity index is 486. The van der Waals surface area contributed by atoms with Gasteiger partial charge in [0, 0.05) is 0 Å². The predicted octanol–water partition coefficient (Wildman–Crippen LogP) is 6.53. The maximum Gasteiger partial charge on any atom is -0.00853 e. The molecule has 0 amide bonds. The first-order valence-electron chi connectivity index (χ1n) is 9.90. The van der Waals surface area contributed by atoms with Gasteiger partial charge >= 0.3 is 0 Å². The van der Waals surface area contributed by atoms with Crippen LogP contribution in [-0.2, 0) is 0 Å². The van der Waals surface area contributed by atoms with Crippen molar-refractivity contribution in [2.24, 2.45) is 34.5 Å². The molecule has 0 saturated heterocycles. The molecule has 0 N–H and O–H groups in total. The molecule has 0 radical (unpaired) electrons. The molecule has 4 rings (SSSR count). The van der Waals surface area contributed by atoms with Gasteiger partial charge in [0.2, 0.25) is 0 Å². The average molecular weight is 299 g/mol. The van der Waals surface area contributed by atoms with E-state index in [1.54, 1.807) is 0 Å². The van der Waals surface area contributed by atoms with Crippen molar-refractivity contribution >= 4 is 0 Å². The van der Waals surface area contributed by atoms with Crippen molar-refractivity contribution in [2.45, 2.75) is 78.1 Å². The SMILES string of the molecule is C=CCC1CC[C@H]2[C@@H]3CC=C4CCCC[C@]4(C)[C@@H]3CC[C@]12C. The fourth-order valence-corrected chi connectivity index (χ4v) is 7.40. The van der Waals surface area contributed by atoms with E-state index in [1.807, 2.05) is 5.57 Å². The first-order valence-corrected chi connectivity index (χ1v) is 9.90. The van der Waals surface area contributed by atoms with Crippen molar-refractivity contribution in [3.8, 4) is 0 Å². The van der Waals surface area contributed by atoms with Crippen molar-refractivity contribution in [1.82, 2.24) is 0 Å². The van der Waals surface area contributed by atoms with Crippen LogP contribution >= 0.6 is 0 Å². The van der Waals surface area contributed by atoms with Crippen molar-refractivity contribution in [3.63, 3.8) is 0 Å². The van der Waals surface area contributed by atoms with Crippen LogP contribution < -0.4 is 0 Å². The highest BCUT2D eigenvalue weighted by atomic mass is 14.6. The minimum Gasteiger partial charge on any atom is -0.103 e. The Hall–Kier alpha value is -0.520. The molecule has 1 unspecified atom stereocenters. The summed E-state index contributed by atoms with van der Waals surface area (Å²) in [5.74, 6) is 3.89. The first-order chi connectivity index (χ1) is 10.6. The molecule has 0 heteroatoms. The zero-order valence-corrected chi connectivity index (χ0v) is 14.7. The van der Waals surface area contributed by atoms with Crippen LogP contribution in [0.15, 0.2) is 24.3 Å². The van der Waals surface area contributed by atoms with Crippen LogP contribution in [0.25, 0.3) is 0 Å². The monoisotopic (exact) mass is 298 g/mol. The maximum atomic E-state index is 4.03. The number of hydrogen-bond donors (Lipinski definition) is 0. The van der Waals surface area contributed by atoms with Crippen LogP contribution in [0.5, 0.6) is 0 Å². The standard InChI is InChI=1S/C22H34/c1-4-7-16-10-12-19-18-11-9-17-8-5-6-14-21(17,2)20(18)13-15-22(16,19)3/h4,9,16,18-20H,1,5-8,10-15H2,2-3H3/t16?,18-,19-,20+,21-,22+/m0/s1. The number of rotatable bonds is 2. The van der Waals surface area contributed by atoms with Gasteiger partial charge in [-0.15, -0.1) is 6.58 Å². The Balaban J connectivity index is 1.65. The van der Waals surface area contributed by atoms with Gasteiger partial charge < -0.3 is 0 Å². The molecule has 122 valence electrons. The molecule has 0 heterocycles. The Morgan fingerprint density at radius 3 is 2.82 bits per heavy atom. The zero-order chi connectivity index (χ0) is 15.4. The summed E-state index contributed by atoms with van der Waals surface area (Å²) in [5, 5.41) is 0. The maximum absolute atomic E-state index is 4.03. The molecule has 0 spiro atoms. The largest absolute Gasteiger partial charge is 0.103 e. The third-order valence-corrected chi connectivity index (χ3v) is 8.67. The minimum absolute atomic E-state index is 0.568. The minimum atomic E-state index is 0.568. The molecule has 4 aliphatic carbocycles. The third kappa shape index (κ3) is 1.95. The lowest BCUT2D eigenvalue weighted by molar-refractivity contribution is -0.0406. The lowest BCUT2D eigenvalue weighted by Crippen LogP contribution is -2.49. The van der Waals surface area contributed by atoms with Crippen LogP contribution in [0.3, 0.4) is 0 Å². The van der Waals surface area contributed by atoms with Crippen LogP contribution in [0.4, 0.5) is 0 Å². The highest BCUT2D eigenvalue weighted by Crippen LogP contribution is 2.66. The van der Waals surface area contributed by atoms with E-state index in [2.05, 4.69) is 32.6 Å². The third-order valence-electron chi connectivity index (χ3n) is 8.67. The highest BCUT2D eigenvalue weighted by Gasteiger charge is 2.57. The number of fused-ring (bicyclic) bond motifs is 5. The fraction of sp³-hybridized carbons (Fsp3) is 0.818. The van der Waals surface area contributed by atoms with E-state index in [0.717, 1.165) is 23.7 Å². The average Bonchev–Trinajstić information content (AvgIpc) is 2.84. The molecule has 0 aromatic heterocycles. The predicted molar refractivity (Wildman–Crippen MR) is 94.6 cm³/mol. The van der Waals surface area contributed by atoms with Crippen LogP contribution in [0, 0.1) is 34.5 Å². The molecular weight excluding hydrogens is 264 g/mol. The summed E-state index contributed by atoms with van der Waals surface area (Å²) in [6.07, 6.45) is 19.3. The summed E-state index contributed by atoms with van der Waals surface area (Å²) in [6.45, 7) is 9.30. The van der Waals surface area contributed by atoms with E-state index in [4.69, 9.17) is 0 Å². The first kappa shape index (κ1) is 15.0. The Morgan fingerprint density at radius 1 is 1.14 bits per heavy atom. The van der Waals surface area contributed by atoms with E-state index < -0.39 is 0 Å². The quantitative estimate of drug-likeness (QED) is 0.508. The lowest BCUT2D eigenvalue weighted by atomic mass is 9.47. The smallest absolute Gasteiger partial charge is 0.00853 e. The van der Waals surface area contributed by atoms with Gasteiger partial charge in [-0.25, -0.2) is 0 Å². The van der Waals surface area contributed by atoms with Gasteiger partial charge in [-0.2, -0.15) is 0 Å². The summed E-state index contributed by atoms with van der Waals surface area (Å²) >= 11 is 0. The van der Waals surface area contributed by atoms with Crippen molar-refractivity contribution in [1.29, 1.82) is 0 Å². The molecule has 4 aliphatic rings.